The highest BCUT2D eigenvalue weighted by molar-refractivity contribution is 5.98. The van der Waals surface area contributed by atoms with E-state index >= 15 is 0 Å². The van der Waals surface area contributed by atoms with Crippen molar-refractivity contribution >= 4 is 17.6 Å². The number of hydrogen-bond donors (Lipinski definition) is 2. The fraction of sp³-hybridized carbons (Fsp3) is 0.600. The van der Waals surface area contributed by atoms with Gasteiger partial charge >= 0.3 is 6.03 Å². The third-order valence-corrected chi connectivity index (χ3v) is 5.61. The zero-order valence-electron chi connectivity index (χ0n) is 16.4. The van der Waals surface area contributed by atoms with E-state index < -0.39 is 0 Å². The Hall–Kier alpha value is -2.12. The second-order valence-electron chi connectivity index (χ2n) is 7.83. The number of anilines is 1. The number of nitrogens with zero attached hydrogens (tertiary/aromatic N) is 3. The minimum absolute atomic E-state index is 0.0120. The maximum atomic E-state index is 13.2. The Bertz CT molecular complexity index is 672. The first-order chi connectivity index (χ1) is 13.0. The summed E-state index contributed by atoms with van der Waals surface area (Å²) in [6.45, 7) is 4.98. The lowest BCUT2D eigenvalue weighted by atomic mass is 9.95. The molecule has 3 rings (SSSR count). The first-order valence-electron chi connectivity index (χ1n) is 9.66. The maximum Gasteiger partial charge on any atom is 0.324 e. The second kappa shape index (κ2) is 8.71. The summed E-state index contributed by atoms with van der Waals surface area (Å²) in [6.07, 6.45) is 2.27. The predicted molar refractivity (Wildman–Crippen MR) is 107 cm³/mol. The van der Waals surface area contributed by atoms with E-state index in [1.54, 1.807) is 13.2 Å². The number of ether oxygens (including phenoxy) is 1. The highest BCUT2D eigenvalue weighted by atomic mass is 16.5. The largest absolute Gasteiger partial charge is 0.384 e. The highest BCUT2D eigenvalue weighted by Crippen LogP contribution is 2.26. The summed E-state index contributed by atoms with van der Waals surface area (Å²) in [5.41, 5.74) is 7.06. The van der Waals surface area contributed by atoms with Crippen molar-refractivity contribution in [3.05, 3.63) is 29.8 Å². The average molecular weight is 374 g/mol. The first kappa shape index (κ1) is 19.6. The number of benzene rings is 1. The van der Waals surface area contributed by atoms with Gasteiger partial charge in [0, 0.05) is 43.9 Å². The molecule has 1 unspecified atom stereocenters. The highest BCUT2D eigenvalue weighted by Gasteiger charge is 2.34. The number of amidine groups is 1. The summed E-state index contributed by atoms with van der Waals surface area (Å²) in [4.78, 5) is 19.4. The molecule has 0 radical (unpaired) electrons. The molecule has 2 saturated heterocycles. The van der Waals surface area contributed by atoms with Crippen LogP contribution in [0.3, 0.4) is 0 Å². The van der Waals surface area contributed by atoms with Crippen molar-refractivity contribution < 1.29 is 9.53 Å². The van der Waals surface area contributed by atoms with Crippen LogP contribution in [0, 0.1) is 17.2 Å². The topological polar surface area (TPSA) is 85.9 Å². The number of piperidine rings is 1. The molecule has 3 N–H and O–H groups in total. The van der Waals surface area contributed by atoms with Gasteiger partial charge in [-0.1, -0.05) is 12.1 Å². The van der Waals surface area contributed by atoms with Gasteiger partial charge in [0.15, 0.2) is 0 Å². The first-order valence-corrected chi connectivity index (χ1v) is 9.66. The lowest BCUT2D eigenvalue weighted by Crippen LogP contribution is -2.56. The Kier molecular flexibility index (Phi) is 6.34. The minimum atomic E-state index is 0.0120. The summed E-state index contributed by atoms with van der Waals surface area (Å²) in [7, 11) is 3.86. The Morgan fingerprint density at radius 2 is 2.00 bits per heavy atom. The third-order valence-electron chi connectivity index (χ3n) is 5.61. The standard InChI is InChI=1S/C20H31N5O2/c1-23-8-6-15(7-9-23)11-24-12-16(14-27-2)13-25(20(24)26)18-5-3-4-17(10-18)19(21)22/h3-5,10,15-16H,6-9,11-14H2,1-2H3,(H3,21,22). The van der Waals surface area contributed by atoms with Crippen LogP contribution in [0.5, 0.6) is 0 Å². The van der Waals surface area contributed by atoms with Crippen LogP contribution in [-0.2, 0) is 4.74 Å². The van der Waals surface area contributed by atoms with Gasteiger partial charge in [-0.2, -0.15) is 0 Å². The molecule has 2 fully saturated rings. The molecular weight excluding hydrogens is 342 g/mol. The minimum Gasteiger partial charge on any atom is -0.384 e. The van der Waals surface area contributed by atoms with Gasteiger partial charge in [0.05, 0.1) is 6.61 Å². The van der Waals surface area contributed by atoms with Crippen molar-refractivity contribution in [3.8, 4) is 0 Å². The lowest BCUT2D eigenvalue weighted by Gasteiger charge is -2.42. The van der Waals surface area contributed by atoms with Crippen LogP contribution in [-0.4, -0.2) is 75.2 Å². The van der Waals surface area contributed by atoms with Gasteiger partial charge in [0.1, 0.15) is 5.84 Å². The number of amides is 2. The normalized spacial score (nSPS) is 22.3. The molecule has 0 spiro atoms. The summed E-state index contributed by atoms with van der Waals surface area (Å²) in [5.74, 6) is 0.828. The number of rotatable bonds is 6. The number of nitrogens with one attached hydrogen (secondary N) is 1. The van der Waals surface area contributed by atoms with Crippen molar-refractivity contribution in [3.63, 3.8) is 0 Å². The number of methoxy groups -OCH3 is 1. The summed E-state index contributed by atoms with van der Waals surface area (Å²) in [5, 5.41) is 7.67. The van der Waals surface area contributed by atoms with Crippen molar-refractivity contribution in [2.75, 3.05) is 58.4 Å². The number of urea groups is 1. The van der Waals surface area contributed by atoms with Crippen molar-refractivity contribution in [2.24, 2.45) is 17.6 Å². The number of likely N-dealkylation sites (tertiary alicyclic amines) is 1. The van der Waals surface area contributed by atoms with Crippen LogP contribution in [0.1, 0.15) is 18.4 Å². The quantitative estimate of drug-likeness (QED) is 0.588. The molecule has 7 nitrogen and oxygen atoms in total. The molecule has 2 aliphatic rings. The molecule has 0 saturated carbocycles. The Labute approximate surface area is 161 Å². The molecule has 1 aromatic rings. The number of carbonyl (C=O) groups is 1. The smallest absolute Gasteiger partial charge is 0.324 e. The van der Waals surface area contributed by atoms with E-state index in [0.717, 1.165) is 44.7 Å². The summed E-state index contributed by atoms with van der Waals surface area (Å²) >= 11 is 0. The van der Waals surface area contributed by atoms with E-state index in [1.807, 2.05) is 28.0 Å². The molecule has 2 aliphatic heterocycles. The molecule has 148 valence electrons. The number of nitrogens with two attached hydrogens (primary N) is 1. The van der Waals surface area contributed by atoms with Crippen LogP contribution in [0.15, 0.2) is 24.3 Å². The molecule has 2 amide bonds. The Morgan fingerprint density at radius 1 is 1.26 bits per heavy atom. The van der Waals surface area contributed by atoms with E-state index in [0.29, 0.717) is 24.6 Å². The van der Waals surface area contributed by atoms with Gasteiger partial charge in [0.2, 0.25) is 0 Å². The monoisotopic (exact) mass is 373 g/mol. The van der Waals surface area contributed by atoms with Gasteiger partial charge < -0.3 is 20.3 Å². The van der Waals surface area contributed by atoms with Crippen LogP contribution >= 0.6 is 0 Å². The van der Waals surface area contributed by atoms with Crippen LogP contribution < -0.4 is 10.6 Å². The number of carbonyl (C=O) groups excluding carboxylic acids is 1. The molecule has 0 aliphatic carbocycles. The Morgan fingerprint density at radius 3 is 2.67 bits per heavy atom. The predicted octanol–water partition coefficient (Wildman–Crippen LogP) is 1.82. The fourth-order valence-electron chi connectivity index (χ4n) is 4.06. The summed E-state index contributed by atoms with van der Waals surface area (Å²) in [6, 6.07) is 7.42. The lowest BCUT2D eigenvalue weighted by molar-refractivity contribution is 0.102. The Balaban J connectivity index is 1.77. The average Bonchev–Trinajstić information content (AvgIpc) is 2.66. The number of nitrogen functional groups attached to an aromatic ring is 1. The van der Waals surface area contributed by atoms with Crippen LogP contribution in [0.25, 0.3) is 0 Å². The van der Waals surface area contributed by atoms with Crippen LogP contribution in [0.2, 0.25) is 0 Å². The zero-order valence-corrected chi connectivity index (χ0v) is 16.4. The van der Waals surface area contributed by atoms with Gasteiger partial charge in [-0.3, -0.25) is 10.3 Å². The van der Waals surface area contributed by atoms with Crippen molar-refractivity contribution in [1.29, 1.82) is 5.41 Å². The maximum absolute atomic E-state index is 13.2. The molecule has 27 heavy (non-hydrogen) atoms. The van der Waals surface area contributed by atoms with Crippen LogP contribution in [0.4, 0.5) is 10.5 Å². The third kappa shape index (κ3) is 4.78. The molecule has 2 heterocycles. The number of hydrogen-bond acceptors (Lipinski definition) is 4. The van der Waals surface area contributed by atoms with E-state index in [2.05, 4.69) is 11.9 Å². The van der Waals surface area contributed by atoms with Crippen molar-refractivity contribution in [2.45, 2.75) is 12.8 Å². The van der Waals surface area contributed by atoms with E-state index in [4.69, 9.17) is 15.9 Å². The fourth-order valence-corrected chi connectivity index (χ4v) is 4.06. The molecule has 0 aromatic heterocycles. The van der Waals surface area contributed by atoms with Gasteiger partial charge in [0.25, 0.3) is 0 Å². The zero-order chi connectivity index (χ0) is 19.4. The molecule has 0 bridgehead atoms. The molecule has 1 atom stereocenters. The van der Waals surface area contributed by atoms with Crippen molar-refractivity contribution in [1.82, 2.24) is 9.80 Å². The molecule has 7 heteroatoms. The second-order valence-corrected chi connectivity index (χ2v) is 7.83. The molecular formula is C20H31N5O2. The molecule has 1 aromatic carbocycles. The van der Waals surface area contributed by atoms with Gasteiger partial charge in [-0.25, -0.2) is 4.79 Å². The SMILES string of the molecule is COCC1CN(CC2CCN(C)CC2)C(=O)N(c2cccc(C(=N)N)c2)C1. The van der Waals surface area contributed by atoms with E-state index in [9.17, 15) is 4.79 Å². The van der Waals surface area contributed by atoms with E-state index in [-0.39, 0.29) is 17.8 Å². The van der Waals surface area contributed by atoms with Gasteiger partial charge in [-0.05, 0) is 51.0 Å². The summed E-state index contributed by atoms with van der Waals surface area (Å²) < 4.78 is 5.39. The van der Waals surface area contributed by atoms with Gasteiger partial charge in [-0.15, -0.1) is 0 Å². The van der Waals surface area contributed by atoms with E-state index in [1.165, 1.54) is 0 Å².